The van der Waals surface area contributed by atoms with Gasteiger partial charge in [-0.15, -0.1) is 0 Å². The van der Waals surface area contributed by atoms with Crippen LogP contribution < -0.4 is 4.74 Å². The first-order chi connectivity index (χ1) is 12.0. The van der Waals surface area contributed by atoms with Gasteiger partial charge in [-0.05, 0) is 53.8 Å². The van der Waals surface area contributed by atoms with Gasteiger partial charge < -0.3 is 9.47 Å². The highest BCUT2D eigenvalue weighted by Crippen LogP contribution is 2.26. The third kappa shape index (κ3) is 5.95. The Morgan fingerprint density at radius 1 is 1.04 bits per heavy atom. The average molecular weight is 359 g/mol. The SMILES string of the molecule is CCOC(=O)/C=C(/c1ccc(Cl)cc1)c1ccc(OCC(C)C)cc1. The van der Waals surface area contributed by atoms with Crippen LogP contribution in [0.15, 0.2) is 54.6 Å². The Bertz CT molecular complexity index is 716. The molecule has 0 N–H and O–H groups in total. The Balaban J connectivity index is 2.31. The summed E-state index contributed by atoms with van der Waals surface area (Å²) in [6, 6.07) is 15.1. The van der Waals surface area contributed by atoms with Crippen molar-refractivity contribution in [2.24, 2.45) is 5.92 Å². The van der Waals surface area contributed by atoms with Crippen molar-refractivity contribution in [1.29, 1.82) is 0 Å². The molecule has 0 aromatic heterocycles. The molecule has 0 saturated heterocycles. The van der Waals surface area contributed by atoms with Crippen molar-refractivity contribution in [2.75, 3.05) is 13.2 Å². The summed E-state index contributed by atoms with van der Waals surface area (Å²) in [6.45, 7) is 7.01. The maximum atomic E-state index is 12.0. The molecule has 132 valence electrons. The standard InChI is InChI=1S/C21H23ClO3/c1-4-24-21(23)13-20(16-5-9-18(22)10-6-16)17-7-11-19(12-8-17)25-14-15(2)3/h5-13,15H,4,14H2,1-3H3/b20-13-. The lowest BCUT2D eigenvalue weighted by atomic mass is 9.97. The van der Waals surface area contributed by atoms with E-state index in [9.17, 15) is 4.79 Å². The number of rotatable bonds is 7. The van der Waals surface area contributed by atoms with Crippen LogP contribution in [0.3, 0.4) is 0 Å². The number of benzene rings is 2. The lowest BCUT2D eigenvalue weighted by Gasteiger charge is -2.12. The van der Waals surface area contributed by atoms with Gasteiger partial charge in [0.25, 0.3) is 0 Å². The maximum absolute atomic E-state index is 12.0. The van der Waals surface area contributed by atoms with E-state index in [0.717, 1.165) is 22.4 Å². The van der Waals surface area contributed by atoms with Crippen LogP contribution in [0.25, 0.3) is 5.57 Å². The number of esters is 1. The first-order valence-corrected chi connectivity index (χ1v) is 8.75. The predicted octanol–water partition coefficient (Wildman–Crippen LogP) is 5.37. The summed E-state index contributed by atoms with van der Waals surface area (Å²) in [5.41, 5.74) is 2.59. The largest absolute Gasteiger partial charge is 0.493 e. The normalized spacial score (nSPS) is 11.5. The molecule has 0 bridgehead atoms. The molecule has 0 fully saturated rings. The Kier molecular flexibility index (Phi) is 7.08. The van der Waals surface area contributed by atoms with Crippen molar-refractivity contribution in [3.8, 4) is 5.75 Å². The van der Waals surface area contributed by atoms with Crippen LogP contribution >= 0.6 is 11.6 Å². The fourth-order valence-corrected chi connectivity index (χ4v) is 2.38. The summed E-state index contributed by atoms with van der Waals surface area (Å²) >= 11 is 5.97. The lowest BCUT2D eigenvalue weighted by molar-refractivity contribution is -0.137. The van der Waals surface area contributed by atoms with Crippen molar-refractivity contribution in [3.63, 3.8) is 0 Å². The number of halogens is 1. The van der Waals surface area contributed by atoms with Crippen molar-refractivity contribution < 1.29 is 14.3 Å². The summed E-state index contributed by atoms with van der Waals surface area (Å²) in [7, 11) is 0. The second kappa shape index (κ2) is 9.28. The Morgan fingerprint density at radius 2 is 1.60 bits per heavy atom. The molecule has 0 saturated carbocycles. The minimum Gasteiger partial charge on any atom is -0.493 e. The van der Waals surface area contributed by atoms with Gasteiger partial charge in [0, 0.05) is 11.1 Å². The number of ether oxygens (including phenoxy) is 2. The van der Waals surface area contributed by atoms with E-state index >= 15 is 0 Å². The number of carbonyl (C=O) groups excluding carboxylic acids is 1. The molecule has 0 aliphatic rings. The van der Waals surface area contributed by atoms with Crippen molar-refractivity contribution in [3.05, 3.63) is 70.8 Å². The number of hydrogen-bond donors (Lipinski definition) is 0. The van der Waals surface area contributed by atoms with Gasteiger partial charge in [-0.25, -0.2) is 4.79 Å². The summed E-state index contributed by atoms with van der Waals surface area (Å²) in [6.07, 6.45) is 1.51. The van der Waals surface area contributed by atoms with E-state index in [1.54, 1.807) is 19.1 Å². The molecule has 0 radical (unpaired) electrons. The topological polar surface area (TPSA) is 35.5 Å². The minimum absolute atomic E-state index is 0.339. The van der Waals surface area contributed by atoms with Crippen LogP contribution in [-0.4, -0.2) is 19.2 Å². The summed E-state index contributed by atoms with van der Waals surface area (Å²) in [5, 5.41) is 0.650. The molecule has 0 aliphatic heterocycles. The average Bonchev–Trinajstić information content (AvgIpc) is 2.59. The molecule has 25 heavy (non-hydrogen) atoms. The van der Waals surface area contributed by atoms with Gasteiger partial charge in [0.2, 0.25) is 0 Å². The Hall–Kier alpha value is -2.26. The van der Waals surface area contributed by atoms with Crippen LogP contribution in [0.5, 0.6) is 5.75 Å². The van der Waals surface area contributed by atoms with Gasteiger partial charge in [0.1, 0.15) is 5.75 Å². The molecule has 2 aromatic rings. The molecule has 4 heteroatoms. The molecular formula is C21H23ClO3. The zero-order chi connectivity index (χ0) is 18.2. The van der Waals surface area contributed by atoms with Crippen molar-refractivity contribution in [1.82, 2.24) is 0 Å². The predicted molar refractivity (Wildman–Crippen MR) is 102 cm³/mol. The van der Waals surface area contributed by atoms with Crippen molar-refractivity contribution >= 4 is 23.1 Å². The number of hydrogen-bond acceptors (Lipinski definition) is 3. The Labute approximate surface area is 154 Å². The van der Waals surface area contributed by atoms with Gasteiger partial charge in [0.05, 0.1) is 13.2 Å². The smallest absolute Gasteiger partial charge is 0.331 e. The van der Waals surface area contributed by atoms with Gasteiger partial charge in [-0.1, -0.05) is 49.7 Å². The molecule has 0 aliphatic carbocycles. The van der Waals surface area contributed by atoms with Crippen LogP contribution in [-0.2, 0) is 9.53 Å². The minimum atomic E-state index is -0.368. The highest BCUT2D eigenvalue weighted by Gasteiger charge is 2.09. The van der Waals surface area contributed by atoms with E-state index in [2.05, 4.69) is 13.8 Å². The summed E-state index contributed by atoms with van der Waals surface area (Å²) in [4.78, 5) is 12.0. The highest BCUT2D eigenvalue weighted by atomic mass is 35.5. The van der Waals surface area contributed by atoms with Crippen LogP contribution in [0.4, 0.5) is 0 Å². The quantitative estimate of drug-likeness (QED) is 0.493. The van der Waals surface area contributed by atoms with Crippen LogP contribution in [0, 0.1) is 5.92 Å². The molecule has 0 atom stereocenters. The molecule has 2 rings (SSSR count). The van der Waals surface area contributed by atoms with E-state index in [-0.39, 0.29) is 5.97 Å². The second-order valence-electron chi connectivity index (χ2n) is 6.05. The van der Waals surface area contributed by atoms with Crippen LogP contribution in [0.2, 0.25) is 5.02 Å². The van der Waals surface area contributed by atoms with E-state index < -0.39 is 0 Å². The van der Waals surface area contributed by atoms with Gasteiger partial charge in [0.15, 0.2) is 0 Å². The van der Waals surface area contributed by atoms with E-state index in [1.807, 2.05) is 36.4 Å². The first kappa shape index (κ1) is 19.1. The van der Waals surface area contributed by atoms with Gasteiger partial charge in [-0.2, -0.15) is 0 Å². The fourth-order valence-electron chi connectivity index (χ4n) is 2.26. The zero-order valence-electron chi connectivity index (χ0n) is 14.8. The highest BCUT2D eigenvalue weighted by molar-refractivity contribution is 6.30. The van der Waals surface area contributed by atoms with Gasteiger partial charge in [-0.3, -0.25) is 0 Å². The second-order valence-corrected chi connectivity index (χ2v) is 6.48. The lowest BCUT2D eigenvalue weighted by Crippen LogP contribution is -2.04. The van der Waals surface area contributed by atoms with Gasteiger partial charge >= 0.3 is 5.97 Å². The zero-order valence-corrected chi connectivity index (χ0v) is 15.5. The Morgan fingerprint density at radius 3 is 2.12 bits per heavy atom. The maximum Gasteiger partial charge on any atom is 0.331 e. The van der Waals surface area contributed by atoms with E-state index in [1.165, 1.54) is 6.08 Å². The molecule has 0 heterocycles. The molecule has 0 spiro atoms. The number of carbonyl (C=O) groups is 1. The molecule has 2 aromatic carbocycles. The summed E-state index contributed by atoms with van der Waals surface area (Å²) < 4.78 is 10.8. The van der Waals surface area contributed by atoms with Crippen molar-refractivity contribution in [2.45, 2.75) is 20.8 Å². The summed E-state index contributed by atoms with van der Waals surface area (Å²) in [5.74, 6) is 0.907. The van der Waals surface area contributed by atoms with E-state index in [0.29, 0.717) is 24.2 Å². The van der Waals surface area contributed by atoms with E-state index in [4.69, 9.17) is 21.1 Å². The third-order valence-electron chi connectivity index (χ3n) is 3.45. The molecular weight excluding hydrogens is 336 g/mol. The third-order valence-corrected chi connectivity index (χ3v) is 3.70. The first-order valence-electron chi connectivity index (χ1n) is 8.37. The monoisotopic (exact) mass is 358 g/mol. The fraction of sp³-hybridized carbons (Fsp3) is 0.286. The van der Waals surface area contributed by atoms with Crippen LogP contribution in [0.1, 0.15) is 31.9 Å². The molecule has 3 nitrogen and oxygen atoms in total. The molecule has 0 unspecified atom stereocenters. The molecule has 0 amide bonds.